The van der Waals surface area contributed by atoms with Crippen molar-refractivity contribution in [2.75, 3.05) is 0 Å². The molecule has 1 aromatic heterocycles. The average molecular weight is 594 g/mol. The molecule has 0 fully saturated rings. The summed E-state index contributed by atoms with van der Waals surface area (Å²) in [5.74, 6) is -3.39. The van der Waals surface area contributed by atoms with Crippen LogP contribution in [0, 0.1) is 5.41 Å². The molecule has 0 bridgehead atoms. The first kappa shape index (κ1) is 32.1. The lowest BCUT2D eigenvalue weighted by Gasteiger charge is -2.14. The molecule has 0 aliphatic carbocycles. The SMILES string of the molecule is CC(NC(=O)c1cc(Cc2ccc(-c3ccccc3)cc2)c[nH]1)C(=O)NCc1ccc(C(=N)N)cc1.O=C(O)C(F)(F)F. The standard InChI is InChI=1S/C29H29N5O2.C2HF3O2/c1-19(28(35)33-17-21-9-13-25(14-10-21)27(30)31)34-29(36)26-16-22(18-32-26)15-20-7-11-24(12-8-20)23-5-3-2-4-6-23;3-2(4,5)1(6)7/h2-14,16,18-19,32H,15,17H2,1H3,(H3,30,31)(H,33,35)(H,34,36);(H,6,7). The van der Waals surface area contributed by atoms with Gasteiger partial charge in [-0.2, -0.15) is 13.2 Å². The van der Waals surface area contributed by atoms with Gasteiger partial charge in [-0.15, -0.1) is 0 Å². The Bertz CT molecular complexity index is 1550. The van der Waals surface area contributed by atoms with Crippen LogP contribution in [0.15, 0.2) is 91.1 Å². The van der Waals surface area contributed by atoms with Gasteiger partial charge in [-0.05, 0) is 47.2 Å². The van der Waals surface area contributed by atoms with Gasteiger partial charge in [-0.25, -0.2) is 4.79 Å². The summed E-state index contributed by atoms with van der Waals surface area (Å²) in [6, 6.07) is 26.8. The zero-order chi connectivity index (χ0) is 31.6. The van der Waals surface area contributed by atoms with Gasteiger partial charge in [-0.3, -0.25) is 15.0 Å². The van der Waals surface area contributed by atoms with Gasteiger partial charge < -0.3 is 26.5 Å². The third-order valence-electron chi connectivity index (χ3n) is 6.17. The van der Waals surface area contributed by atoms with Crippen molar-refractivity contribution in [1.29, 1.82) is 5.41 Å². The second kappa shape index (κ2) is 14.5. The van der Waals surface area contributed by atoms with Gasteiger partial charge >= 0.3 is 12.1 Å². The summed E-state index contributed by atoms with van der Waals surface area (Å²) < 4.78 is 31.7. The summed E-state index contributed by atoms with van der Waals surface area (Å²) in [6.07, 6.45) is -2.58. The fourth-order valence-electron chi connectivity index (χ4n) is 3.84. The van der Waals surface area contributed by atoms with Crippen LogP contribution in [0.4, 0.5) is 13.2 Å². The normalized spacial score (nSPS) is 11.4. The van der Waals surface area contributed by atoms with Crippen molar-refractivity contribution in [3.05, 3.63) is 119 Å². The van der Waals surface area contributed by atoms with Crippen LogP contribution < -0.4 is 16.4 Å². The van der Waals surface area contributed by atoms with E-state index in [9.17, 15) is 22.8 Å². The first-order chi connectivity index (χ1) is 20.3. The van der Waals surface area contributed by atoms with E-state index in [1.54, 1.807) is 31.2 Å². The topological polar surface area (TPSA) is 161 Å². The lowest BCUT2D eigenvalue weighted by Crippen LogP contribution is -2.44. The molecule has 1 unspecified atom stereocenters. The predicted octanol–water partition coefficient (Wildman–Crippen LogP) is 4.62. The molecule has 12 heteroatoms. The van der Waals surface area contributed by atoms with E-state index in [1.807, 2.05) is 30.5 Å². The molecule has 1 atom stereocenters. The van der Waals surface area contributed by atoms with Crippen molar-refractivity contribution in [3.8, 4) is 11.1 Å². The quantitative estimate of drug-likeness (QED) is 0.123. The third kappa shape index (κ3) is 9.88. The van der Waals surface area contributed by atoms with Gasteiger partial charge in [0.1, 0.15) is 17.6 Å². The van der Waals surface area contributed by atoms with Crippen LogP contribution in [0.5, 0.6) is 0 Å². The van der Waals surface area contributed by atoms with Gasteiger partial charge in [-0.1, -0.05) is 78.9 Å². The second-order valence-corrected chi connectivity index (χ2v) is 9.49. The Balaban J connectivity index is 0.000000646. The van der Waals surface area contributed by atoms with Crippen LogP contribution >= 0.6 is 0 Å². The van der Waals surface area contributed by atoms with Crippen LogP contribution in [0.25, 0.3) is 11.1 Å². The highest BCUT2D eigenvalue weighted by Gasteiger charge is 2.38. The van der Waals surface area contributed by atoms with Crippen molar-refractivity contribution < 1.29 is 32.7 Å². The molecule has 1 heterocycles. The largest absolute Gasteiger partial charge is 0.490 e. The second-order valence-electron chi connectivity index (χ2n) is 9.49. The zero-order valence-electron chi connectivity index (χ0n) is 23.0. The number of halogens is 3. The predicted molar refractivity (Wildman–Crippen MR) is 155 cm³/mol. The van der Waals surface area contributed by atoms with Gasteiger partial charge in [0.05, 0.1) is 0 Å². The van der Waals surface area contributed by atoms with Gasteiger partial charge in [0.15, 0.2) is 0 Å². The van der Waals surface area contributed by atoms with E-state index in [4.69, 9.17) is 21.0 Å². The van der Waals surface area contributed by atoms with Crippen LogP contribution in [0.2, 0.25) is 0 Å². The molecule has 224 valence electrons. The smallest absolute Gasteiger partial charge is 0.475 e. The molecule has 0 spiro atoms. The maximum atomic E-state index is 12.6. The Morgan fingerprint density at radius 3 is 2.02 bits per heavy atom. The number of carbonyl (C=O) groups is 3. The molecule has 4 aromatic rings. The number of H-pyrrole nitrogens is 1. The number of aliphatic carboxylic acids is 1. The number of hydrogen-bond donors (Lipinski definition) is 6. The fourth-order valence-corrected chi connectivity index (χ4v) is 3.84. The van der Waals surface area contributed by atoms with Gasteiger partial charge in [0.2, 0.25) is 5.91 Å². The number of nitrogens with one attached hydrogen (secondary N) is 4. The molecule has 9 nitrogen and oxygen atoms in total. The summed E-state index contributed by atoms with van der Waals surface area (Å²) in [5, 5.41) is 20.1. The number of nitrogens with two attached hydrogens (primary N) is 1. The molecule has 43 heavy (non-hydrogen) atoms. The van der Waals surface area contributed by atoms with Crippen molar-refractivity contribution in [1.82, 2.24) is 15.6 Å². The van der Waals surface area contributed by atoms with Crippen molar-refractivity contribution in [3.63, 3.8) is 0 Å². The Kier molecular flexibility index (Phi) is 10.8. The molecule has 0 saturated carbocycles. The Morgan fingerprint density at radius 1 is 0.907 bits per heavy atom. The highest BCUT2D eigenvalue weighted by Crippen LogP contribution is 2.20. The van der Waals surface area contributed by atoms with Gasteiger partial charge in [0, 0.05) is 18.3 Å². The van der Waals surface area contributed by atoms with Crippen LogP contribution in [0.1, 0.15) is 39.7 Å². The summed E-state index contributed by atoms with van der Waals surface area (Å²) in [7, 11) is 0. The van der Waals surface area contributed by atoms with Gasteiger partial charge in [0.25, 0.3) is 5.91 Å². The van der Waals surface area contributed by atoms with E-state index >= 15 is 0 Å². The maximum absolute atomic E-state index is 12.6. The van der Waals surface area contributed by atoms with E-state index < -0.39 is 18.2 Å². The average Bonchev–Trinajstić information content (AvgIpc) is 3.45. The van der Waals surface area contributed by atoms with Crippen LogP contribution in [-0.2, 0) is 22.6 Å². The molecule has 2 amide bonds. The van der Waals surface area contributed by atoms with Crippen molar-refractivity contribution >= 4 is 23.6 Å². The number of amidine groups is 1. The van der Waals surface area contributed by atoms with E-state index in [0.717, 1.165) is 22.3 Å². The highest BCUT2D eigenvalue weighted by molar-refractivity contribution is 5.96. The molecular weight excluding hydrogens is 563 g/mol. The Hall–Kier alpha value is -5.39. The molecule has 7 N–H and O–H groups in total. The summed E-state index contributed by atoms with van der Waals surface area (Å²) in [4.78, 5) is 37.0. The number of rotatable bonds is 9. The number of carbonyl (C=O) groups excluding carboxylic acids is 2. The van der Waals surface area contributed by atoms with E-state index in [0.29, 0.717) is 24.2 Å². The van der Waals surface area contributed by atoms with Crippen molar-refractivity contribution in [2.45, 2.75) is 32.1 Å². The Labute approximate surface area is 245 Å². The summed E-state index contributed by atoms with van der Waals surface area (Å²) >= 11 is 0. The number of aromatic nitrogens is 1. The summed E-state index contributed by atoms with van der Waals surface area (Å²) in [5.41, 5.74) is 11.8. The van der Waals surface area contributed by atoms with E-state index in [-0.39, 0.29) is 17.6 Å². The third-order valence-corrected chi connectivity index (χ3v) is 6.17. The minimum Gasteiger partial charge on any atom is -0.475 e. The Morgan fingerprint density at radius 2 is 1.47 bits per heavy atom. The van der Waals surface area contributed by atoms with E-state index in [2.05, 4.69) is 52.0 Å². The molecule has 0 aliphatic heterocycles. The number of aromatic amines is 1. The minimum atomic E-state index is -5.08. The monoisotopic (exact) mass is 593 g/mol. The number of benzene rings is 3. The van der Waals surface area contributed by atoms with Crippen molar-refractivity contribution in [2.24, 2.45) is 5.73 Å². The summed E-state index contributed by atoms with van der Waals surface area (Å²) in [6.45, 7) is 1.96. The number of nitrogen functional groups attached to an aromatic ring is 1. The van der Waals surface area contributed by atoms with Crippen LogP contribution in [0.3, 0.4) is 0 Å². The number of hydrogen-bond acceptors (Lipinski definition) is 4. The molecule has 4 rings (SSSR count). The molecular formula is C31H30F3N5O4. The number of amides is 2. The zero-order valence-corrected chi connectivity index (χ0v) is 23.0. The number of alkyl halides is 3. The number of carboxylic acids is 1. The van der Waals surface area contributed by atoms with E-state index in [1.165, 1.54) is 5.56 Å². The fraction of sp³-hybridized carbons (Fsp3) is 0.161. The molecule has 0 radical (unpaired) electrons. The van der Waals surface area contributed by atoms with Crippen LogP contribution in [-0.4, -0.2) is 45.9 Å². The molecule has 0 saturated heterocycles. The first-order valence-electron chi connectivity index (χ1n) is 13.0. The lowest BCUT2D eigenvalue weighted by molar-refractivity contribution is -0.192. The molecule has 0 aliphatic rings. The maximum Gasteiger partial charge on any atom is 0.490 e. The lowest BCUT2D eigenvalue weighted by atomic mass is 10.0. The number of carboxylic acid groups (broad SMARTS) is 1. The highest BCUT2D eigenvalue weighted by atomic mass is 19.4. The first-order valence-corrected chi connectivity index (χ1v) is 13.0. The minimum absolute atomic E-state index is 0.00430. The molecule has 3 aromatic carbocycles.